The number of hydrogen-bond acceptors (Lipinski definition) is 7. The van der Waals surface area contributed by atoms with Crippen LogP contribution in [0.15, 0.2) is 36.8 Å². The van der Waals surface area contributed by atoms with Gasteiger partial charge in [-0.1, -0.05) is 6.07 Å². The minimum absolute atomic E-state index is 0.0958. The molecule has 1 atom stereocenters. The highest BCUT2D eigenvalue weighted by atomic mass is 16.7. The largest absolute Gasteiger partial charge is 0.473 e. The van der Waals surface area contributed by atoms with Crippen molar-refractivity contribution in [2.45, 2.75) is 31.1 Å². The van der Waals surface area contributed by atoms with Crippen LogP contribution in [0.2, 0.25) is 0 Å². The summed E-state index contributed by atoms with van der Waals surface area (Å²) in [5, 5.41) is 0. The van der Waals surface area contributed by atoms with E-state index < -0.39 is 0 Å². The quantitative estimate of drug-likeness (QED) is 0.831. The number of fused-ring (bicyclic) bond motifs is 1. The molecule has 136 valence electrons. The van der Waals surface area contributed by atoms with E-state index in [0.29, 0.717) is 12.7 Å². The smallest absolute Gasteiger partial charge is 0.232 e. The molecular formula is C19H21N3O4. The van der Waals surface area contributed by atoms with E-state index in [2.05, 4.69) is 27.0 Å². The molecule has 2 aromatic rings. The van der Waals surface area contributed by atoms with Gasteiger partial charge in [0, 0.05) is 44.9 Å². The summed E-state index contributed by atoms with van der Waals surface area (Å²) in [7, 11) is 0. The molecule has 2 fully saturated rings. The topological polar surface area (TPSA) is 65.9 Å². The predicted molar refractivity (Wildman–Crippen MR) is 92.2 cm³/mol. The van der Waals surface area contributed by atoms with Crippen LogP contribution in [0.25, 0.3) is 0 Å². The molecule has 3 aliphatic rings. The normalized spacial score (nSPS) is 23.6. The molecule has 3 aliphatic heterocycles. The number of benzene rings is 1. The summed E-state index contributed by atoms with van der Waals surface area (Å²) in [5.41, 5.74) is 1.13. The molecule has 0 N–H and O–H groups in total. The molecular weight excluding hydrogens is 334 g/mol. The highest BCUT2D eigenvalue weighted by molar-refractivity contribution is 5.44. The summed E-state index contributed by atoms with van der Waals surface area (Å²) in [6, 6.07) is 6.14. The van der Waals surface area contributed by atoms with Crippen LogP contribution in [0.5, 0.6) is 17.4 Å². The summed E-state index contributed by atoms with van der Waals surface area (Å²) < 4.78 is 22.9. The second kappa shape index (κ2) is 6.41. The first-order valence-corrected chi connectivity index (χ1v) is 8.96. The highest BCUT2D eigenvalue weighted by Gasteiger charge is 2.48. The third kappa shape index (κ3) is 3.08. The van der Waals surface area contributed by atoms with Gasteiger partial charge in [-0.05, 0) is 17.7 Å². The zero-order valence-electron chi connectivity index (χ0n) is 14.5. The SMILES string of the molecule is c1cnc(O[C@@H]2CCOC3(C2)CN(Cc2ccc4c(c2)OCO4)C3)cn1. The van der Waals surface area contributed by atoms with Crippen LogP contribution in [0, 0.1) is 0 Å². The van der Waals surface area contributed by atoms with E-state index in [1.165, 1.54) is 5.56 Å². The molecule has 0 amide bonds. The highest BCUT2D eigenvalue weighted by Crippen LogP contribution is 2.37. The average Bonchev–Trinajstić information content (AvgIpc) is 3.09. The van der Waals surface area contributed by atoms with Crippen LogP contribution < -0.4 is 14.2 Å². The van der Waals surface area contributed by atoms with Crippen LogP contribution in [0.4, 0.5) is 0 Å². The standard InChI is InChI=1S/C19H21N3O4/c1-2-16-17(24-13-23-16)7-14(1)10-22-11-19(12-22)8-15(3-6-25-19)26-18-9-20-4-5-21-18/h1-2,4-5,7,9,15H,3,6,8,10-13H2/t15-/m1/s1. The van der Waals surface area contributed by atoms with Crippen molar-refractivity contribution in [2.75, 3.05) is 26.5 Å². The summed E-state index contributed by atoms with van der Waals surface area (Å²) in [6.07, 6.45) is 6.88. The van der Waals surface area contributed by atoms with E-state index in [-0.39, 0.29) is 11.7 Å². The molecule has 7 heteroatoms. The Bertz CT molecular complexity index is 780. The van der Waals surface area contributed by atoms with Gasteiger partial charge in [-0.25, -0.2) is 4.98 Å². The Morgan fingerprint density at radius 1 is 1.19 bits per heavy atom. The fraction of sp³-hybridized carbons (Fsp3) is 0.474. The van der Waals surface area contributed by atoms with Crippen LogP contribution >= 0.6 is 0 Å². The Kier molecular flexibility index (Phi) is 3.90. The first-order chi connectivity index (χ1) is 12.8. The lowest BCUT2D eigenvalue weighted by Gasteiger charge is -2.53. The summed E-state index contributed by atoms with van der Waals surface area (Å²) in [5.74, 6) is 2.25. The van der Waals surface area contributed by atoms with Crippen molar-refractivity contribution < 1.29 is 18.9 Å². The number of hydrogen-bond donors (Lipinski definition) is 0. The van der Waals surface area contributed by atoms with E-state index in [1.807, 2.05) is 6.07 Å². The Balaban J connectivity index is 1.17. The lowest BCUT2D eigenvalue weighted by atomic mass is 9.84. The molecule has 0 aliphatic carbocycles. The zero-order valence-corrected chi connectivity index (χ0v) is 14.5. The summed E-state index contributed by atoms with van der Waals surface area (Å²) in [6.45, 7) is 3.76. The molecule has 7 nitrogen and oxygen atoms in total. The van der Waals surface area contributed by atoms with E-state index in [4.69, 9.17) is 18.9 Å². The van der Waals surface area contributed by atoms with Gasteiger partial charge in [0.2, 0.25) is 12.7 Å². The zero-order chi connectivity index (χ0) is 17.4. The van der Waals surface area contributed by atoms with Crippen molar-refractivity contribution in [1.82, 2.24) is 14.9 Å². The Morgan fingerprint density at radius 3 is 3.00 bits per heavy atom. The molecule has 0 bridgehead atoms. The van der Waals surface area contributed by atoms with Gasteiger partial charge < -0.3 is 18.9 Å². The van der Waals surface area contributed by atoms with Crippen molar-refractivity contribution >= 4 is 0 Å². The minimum Gasteiger partial charge on any atom is -0.473 e. The second-order valence-electron chi connectivity index (χ2n) is 7.14. The number of likely N-dealkylation sites (tertiary alicyclic amines) is 1. The first kappa shape index (κ1) is 15.8. The van der Waals surface area contributed by atoms with Gasteiger partial charge in [0.25, 0.3) is 0 Å². The van der Waals surface area contributed by atoms with Crippen LogP contribution in [0.3, 0.4) is 0 Å². The fourth-order valence-corrected chi connectivity index (χ4v) is 4.00. The maximum atomic E-state index is 6.11. The summed E-state index contributed by atoms with van der Waals surface area (Å²) >= 11 is 0. The average molecular weight is 355 g/mol. The number of ether oxygens (including phenoxy) is 4. The number of rotatable bonds is 4. The third-order valence-electron chi connectivity index (χ3n) is 5.14. The molecule has 1 aromatic carbocycles. The number of aromatic nitrogens is 2. The van der Waals surface area contributed by atoms with Crippen molar-refractivity contribution in [3.05, 3.63) is 42.4 Å². The van der Waals surface area contributed by atoms with Gasteiger partial charge in [-0.15, -0.1) is 0 Å². The molecule has 26 heavy (non-hydrogen) atoms. The van der Waals surface area contributed by atoms with Crippen LogP contribution in [0.1, 0.15) is 18.4 Å². The van der Waals surface area contributed by atoms with E-state index >= 15 is 0 Å². The second-order valence-corrected chi connectivity index (χ2v) is 7.14. The van der Waals surface area contributed by atoms with Crippen LogP contribution in [-0.2, 0) is 11.3 Å². The van der Waals surface area contributed by atoms with Crippen molar-refractivity contribution in [3.8, 4) is 17.4 Å². The molecule has 5 rings (SSSR count). The molecule has 1 aromatic heterocycles. The Labute approximate surface area is 151 Å². The molecule has 1 spiro atoms. The van der Waals surface area contributed by atoms with Gasteiger partial charge in [-0.3, -0.25) is 9.88 Å². The fourth-order valence-electron chi connectivity index (χ4n) is 4.00. The monoisotopic (exact) mass is 355 g/mol. The lowest BCUT2D eigenvalue weighted by molar-refractivity contribution is -0.188. The van der Waals surface area contributed by atoms with Crippen molar-refractivity contribution in [1.29, 1.82) is 0 Å². The van der Waals surface area contributed by atoms with Gasteiger partial charge >= 0.3 is 0 Å². The predicted octanol–water partition coefficient (Wildman–Crippen LogP) is 2.02. The molecule has 4 heterocycles. The molecule has 0 saturated carbocycles. The van der Waals surface area contributed by atoms with Gasteiger partial charge in [0.15, 0.2) is 11.5 Å². The summed E-state index contributed by atoms with van der Waals surface area (Å²) in [4.78, 5) is 10.7. The van der Waals surface area contributed by atoms with E-state index in [1.54, 1.807) is 18.6 Å². The van der Waals surface area contributed by atoms with Crippen molar-refractivity contribution in [3.63, 3.8) is 0 Å². The van der Waals surface area contributed by atoms with E-state index in [0.717, 1.165) is 50.6 Å². The van der Waals surface area contributed by atoms with Gasteiger partial charge in [-0.2, -0.15) is 0 Å². The third-order valence-corrected chi connectivity index (χ3v) is 5.14. The lowest BCUT2D eigenvalue weighted by Crippen LogP contribution is -2.65. The van der Waals surface area contributed by atoms with Gasteiger partial charge in [0.1, 0.15) is 6.10 Å². The first-order valence-electron chi connectivity index (χ1n) is 8.96. The van der Waals surface area contributed by atoms with Crippen LogP contribution in [-0.4, -0.2) is 53.1 Å². The molecule has 0 radical (unpaired) electrons. The molecule has 2 saturated heterocycles. The molecule has 0 unspecified atom stereocenters. The Morgan fingerprint density at radius 2 is 2.12 bits per heavy atom. The van der Waals surface area contributed by atoms with E-state index in [9.17, 15) is 0 Å². The maximum absolute atomic E-state index is 6.11. The Hall–Kier alpha value is -2.38. The number of nitrogens with zero attached hydrogens (tertiary/aromatic N) is 3. The maximum Gasteiger partial charge on any atom is 0.232 e. The minimum atomic E-state index is -0.0958. The van der Waals surface area contributed by atoms with Crippen molar-refractivity contribution in [2.24, 2.45) is 0 Å². The van der Waals surface area contributed by atoms with Gasteiger partial charge in [0.05, 0.1) is 18.4 Å².